The third kappa shape index (κ3) is 4.63. The lowest BCUT2D eigenvalue weighted by Crippen LogP contribution is -2.38. The maximum absolute atomic E-state index is 13.0. The van der Waals surface area contributed by atoms with Crippen molar-refractivity contribution in [1.82, 2.24) is 9.47 Å². The molecule has 28 heavy (non-hydrogen) atoms. The molecule has 0 radical (unpaired) electrons. The van der Waals surface area contributed by atoms with Gasteiger partial charge in [-0.25, -0.2) is 4.39 Å². The van der Waals surface area contributed by atoms with Gasteiger partial charge in [-0.3, -0.25) is 9.36 Å². The molecule has 1 unspecified atom stereocenters. The minimum atomic E-state index is -0.606. The fraction of sp³-hybridized carbons (Fsp3) is 0.381. The number of rotatable bonds is 5. The molecule has 2 aromatic carbocycles. The molecule has 0 aliphatic carbocycles. The summed E-state index contributed by atoms with van der Waals surface area (Å²) in [6, 6.07) is 14.0. The summed E-state index contributed by atoms with van der Waals surface area (Å²) in [6.07, 6.45) is 1.41. The van der Waals surface area contributed by atoms with Crippen molar-refractivity contribution < 1.29 is 9.50 Å². The number of aromatic nitrogens is 1. The number of halogens is 2. The van der Waals surface area contributed by atoms with Gasteiger partial charge in [-0.2, -0.15) is 0 Å². The molecule has 1 aliphatic rings. The molecule has 1 saturated heterocycles. The Hall–Kier alpha value is -1.73. The van der Waals surface area contributed by atoms with Crippen LogP contribution in [0.3, 0.4) is 0 Å². The van der Waals surface area contributed by atoms with Crippen LogP contribution in [0.4, 0.5) is 4.39 Å². The second kappa shape index (κ2) is 9.18. The van der Waals surface area contributed by atoms with Crippen molar-refractivity contribution in [2.45, 2.75) is 25.5 Å². The van der Waals surface area contributed by atoms with Crippen LogP contribution in [0.2, 0.25) is 0 Å². The number of piperidine rings is 1. The standard InChI is InChI=1S/C21H23FN2O2S.ClH/c22-17-7-5-16(6-8-17)19(25)14-23-11-9-15(10-12-23)13-24-18-3-1-2-4-20(18)27-21(24)26;/h1-8,15,19,25H,9-14H2;1H. The number of likely N-dealkylation sites (tertiary alicyclic amines) is 1. The number of β-amino-alcohol motifs (C(OH)–C–C–N with tert-alkyl or cyclic N) is 1. The monoisotopic (exact) mass is 422 g/mol. The third-order valence-electron chi connectivity index (χ3n) is 5.41. The fourth-order valence-corrected chi connectivity index (χ4v) is 4.73. The van der Waals surface area contributed by atoms with Crippen molar-refractivity contribution in [2.24, 2.45) is 5.92 Å². The van der Waals surface area contributed by atoms with Crippen LogP contribution in [-0.4, -0.2) is 34.2 Å². The molecule has 0 saturated carbocycles. The van der Waals surface area contributed by atoms with Crippen LogP contribution in [0.1, 0.15) is 24.5 Å². The van der Waals surface area contributed by atoms with Gasteiger partial charge >= 0.3 is 4.87 Å². The van der Waals surface area contributed by atoms with Gasteiger partial charge < -0.3 is 10.0 Å². The number of para-hydroxylation sites is 1. The Bertz CT molecular complexity index is 964. The van der Waals surface area contributed by atoms with Gasteiger partial charge in [0.15, 0.2) is 0 Å². The summed E-state index contributed by atoms with van der Waals surface area (Å²) in [5, 5.41) is 10.4. The highest BCUT2D eigenvalue weighted by Gasteiger charge is 2.23. The van der Waals surface area contributed by atoms with Crippen molar-refractivity contribution in [1.29, 1.82) is 0 Å². The average molecular weight is 423 g/mol. The highest BCUT2D eigenvalue weighted by Crippen LogP contribution is 2.24. The molecule has 0 bridgehead atoms. The quantitative estimate of drug-likeness (QED) is 0.674. The van der Waals surface area contributed by atoms with E-state index in [-0.39, 0.29) is 23.1 Å². The molecule has 4 rings (SSSR count). The molecule has 150 valence electrons. The Balaban J connectivity index is 0.00000225. The Kier molecular flexibility index (Phi) is 6.88. The van der Waals surface area contributed by atoms with Gasteiger partial charge in [-0.05, 0) is 61.7 Å². The maximum Gasteiger partial charge on any atom is 0.308 e. The largest absolute Gasteiger partial charge is 0.387 e. The normalized spacial score (nSPS) is 16.8. The van der Waals surface area contributed by atoms with Gasteiger partial charge in [-0.1, -0.05) is 35.6 Å². The van der Waals surface area contributed by atoms with Gasteiger partial charge in [0.2, 0.25) is 0 Å². The predicted octanol–water partition coefficient (Wildman–Crippen LogP) is 4.07. The zero-order valence-electron chi connectivity index (χ0n) is 15.5. The molecule has 1 aromatic heterocycles. The first-order valence-electron chi connectivity index (χ1n) is 9.34. The highest BCUT2D eigenvalue weighted by atomic mass is 35.5. The highest BCUT2D eigenvalue weighted by molar-refractivity contribution is 7.16. The molecule has 2 heterocycles. The van der Waals surface area contributed by atoms with Crippen LogP contribution in [0.15, 0.2) is 53.3 Å². The summed E-state index contributed by atoms with van der Waals surface area (Å²) < 4.78 is 16.0. The smallest absolute Gasteiger partial charge is 0.308 e. The number of thiazole rings is 1. The van der Waals surface area contributed by atoms with Crippen molar-refractivity contribution in [3.05, 3.63) is 69.6 Å². The number of benzene rings is 2. The van der Waals surface area contributed by atoms with E-state index in [1.54, 1.807) is 12.1 Å². The van der Waals surface area contributed by atoms with Crippen LogP contribution in [0, 0.1) is 11.7 Å². The molecule has 3 aromatic rings. The van der Waals surface area contributed by atoms with E-state index >= 15 is 0 Å². The zero-order valence-corrected chi connectivity index (χ0v) is 17.1. The van der Waals surface area contributed by atoms with E-state index in [4.69, 9.17) is 0 Å². The second-order valence-electron chi connectivity index (χ2n) is 7.26. The number of hydrogen-bond donors (Lipinski definition) is 1. The SMILES string of the molecule is Cl.O=c1sc2ccccc2n1CC1CCN(CC(O)c2ccc(F)cc2)CC1. The molecule has 1 fully saturated rings. The number of aliphatic hydroxyl groups excluding tert-OH is 1. The maximum atomic E-state index is 13.0. The molecule has 1 aliphatic heterocycles. The number of fused-ring (bicyclic) bond motifs is 1. The van der Waals surface area contributed by atoms with Crippen LogP contribution >= 0.6 is 23.7 Å². The van der Waals surface area contributed by atoms with E-state index in [0.29, 0.717) is 12.5 Å². The van der Waals surface area contributed by atoms with E-state index in [9.17, 15) is 14.3 Å². The van der Waals surface area contributed by atoms with E-state index in [1.807, 2.05) is 28.8 Å². The second-order valence-corrected chi connectivity index (χ2v) is 8.25. The molecule has 4 nitrogen and oxygen atoms in total. The summed E-state index contributed by atoms with van der Waals surface area (Å²) in [4.78, 5) is 14.7. The van der Waals surface area contributed by atoms with Crippen molar-refractivity contribution in [3.8, 4) is 0 Å². The molecule has 1 atom stereocenters. The summed E-state index contributed by atoms with van der Waals surface area (Å²) in [7, 11) is 0. The van der Waals surface area contributed by atoms with Crippen molar-refractivity contribution in [3.63, 3.8) is 0 Å². The molecule has 0 spiro atoms. The van der Waals surface area contributed by atoms with E-state index < -0.39 is 6.10 Å². The zero-order chi connectivity index (χ0) is 18.8. The minimum absolute atomic E-state index is 0. The first-order chi connectivity index (χ1) is 13.1. The third-order valence-corrected chi connectivity index (χ3v) is 6.37. The fourth-order valence-electron chi connectivity index (χ4n) is 3.83. The number of hydrogen-bond acceptors (Lipinski definition) is 4. The van der Waals surface area contributed by atoms with E-state index in [1.165, 1.54) is 23.5 Å². The number of aliphatic hydroxyl groups is 1. The van der Waals surface area contributed by atoms with Gasteiger partial charge in [-0.15, -0.1) is 12.4 Å². The summed E-state index contributed by atoms with van der Waals surface area (Å²) in [5.74, 6) is 0.183. The summed E-state index contributed by atoms with van der Waals surface area (Å²) in [5.41, 5.74) is 1.77. The van der Waals surface area contributed by atoms with Crippen molar-refractivity contribution >= 4 is 34.0 Å². The van der Waals surface area contributed by atoms with Gasteiger partial charge in [0.1, 0.15) is 5.82 Å². The topological polar surface area (TPSA) is 45.5 Å². The molecule has 1 N–H and O–H groups in total. The van der Waals surface area contributed by atoms with Crippen molar-refractivity contribution in [2.75, 3.05) is 19.6 Å². The lowest BCUT2D eigenvalue weighted by Gasteiger charge is -2.33. The molecular weight excluding hydrogens is 399 g/mol. The molecular formula is C21H24ClFN2O2S. The first kappa shape index (κ1) is 21.0. The van der Waals surface area contributed by atoms with Gasteiger partial charge in [0.25, 0.3) is 0 Å². The van der Waals surface area contributed by atoms with Gasteiger partial charge in [0, 0.05) is 13.1 Å². The summed E-state index contributed by atoms with van der Waals surface area (Å²) in [6.45, 7) is 3.12. The van der Waals surface area contributed by atoms with Gasteiger partial charge in [0.05, 0.1) is 16.3 Å². The summed E-state index contributed by atoms with van der Waals surface area (Å²) >= 11 is 1.31. The van der Waals surface area contributed by atoms with Crippen LogP contribution in [-0.2, 0) is 6.54 Å². The van der Waals surface area contributed by atoms with E-state index in [0.717, 1.165) is 48.3 Å². The Labute approximate surface area is 173 Å². The average Bonchev–Trinajstić information content (AvgIpc) is 2.99. The minimum Gasteiger partial charge on any atom is -0.387 e. The Morgan fingerprint density at radius 3 is 2.50 bits per heavy atom. The molecule has 7 heteroatoms. The van der Waals surface area contributed by atoms with Crippen LogP contribution in [0.5, 0.6) is 0 Å². The lowest BCUT2D eigenvalue weighted by atomic mass is 9.96. The Morgan fingerprint density at radius 1 is 1.11 bits per heavy atom. The molecule has 0 amide bonds. The van der Waals surface area contributed by atoms with Crippen LogP contribution in [0.25, 0.3) is 10.2 Å². The lowest BCUT2D eigenvalue weighted by molar-refractivity contribution is 0.0867. The Morgan fingerprint density at radius 2 is 1.79 bits per heavy atom. The van der Waals surface area contributed by atoms with E-state index in [2.05, 4.69) is 4.90 Å². The van der Waals surface area contributed by atoms with Crippen LogP contribution < -0.4 is 4.87 Å². The predicted molar refractivity (Wildman–Crippen MR) is 114 cm³/mol. The first-order valence-corrected chi connectivity index (χ1v) is 10.2. The number of nitrogens with zero attached hydrogens (tertiary/aromatic N) is 2.